The number of hydrogen-bond acceptors (Lipinski definition) is 5. The van der Waals surface area contributed by atoms with E-state index in [2.05, 4.69) is 10.3 Å². The summed E-state index contributed by atoms with van der Waals surface area (Å²) < 4.78 is 0.905. The maximum absolute atomic E-state index is 12.5. The Morgan fingerprint density at radius 2 is 1.83 bits per heavy atom. The molecule has 4 nitrogen and oxygen atoms in total. The summed E-state index contributed by atoms with van der Waals surface area (Å²) in [6.07, 6.45) is 0. The summed E-state index contributed by atoms with van der Waals surface area (Å²) in [7, 11) is 0. The summed E-state index contributed by atoms with van der Waals surface area (Å²) in [5.74, 6) is 0.00573. The van der Waals surface area contributed by atoms with E-state index in [1.807, 2.05) is 40.0 Å². The Balaban J connectivity index is 2.01. The van der Waals surface area contributed by atoms with Gasteiger partial charge in [-0.15, -0.1) is 11.3 Å². The smallest absolute Gasteiger partial charge is 0.229 e. The first-order valence-corrected chi connectivity index (χ1v) is 9.47. The second-order valence-corrected chi connectivity index (χ2v) is 9.11. The van der Waals surface area contributed by atoms with E-state index in [4.69, 9.17) is 0 Å². The predicted octanol–water partition coefficient (Wildman–Crippen LogP) is 4.80. The van der Waals surface area contributed by atoms with Crippen LogP contribution in [0.4, 0.5) is 5.69 Å². The molecule has 24 heavy (non-hydrogen) atoms. The van der Waals surface area contributed by atoms with Gasteiger partial charge >= 0.3 is 0 Å². The molecular formula is C18H22N2O2S2. The fourth-order valence-corrected chi connectivity index (χ4v) is 3.93. The number of carbonyl (C=O) groups is 2. The molecule has 1 aromatic heterocycles. The number of hydrogen-bond donors (Lipinski definition) is 1. The molecule has 0 spiro atoms. The number of rotatable bonds is 5. The van der Waals surface area contributed by atoms with Gasteiger partial charge < -0.3 is 5.32 Å². The Hall–Kier alpha value is -1.66. The van der Waals surface area contributed by atoms with Crippen molar-refractivity contribution in [3.63, 3.8) is 0 Å². The molecule has 0 saturated heterocycles. The summed E-state index contributed by atoms with van der Waals surface area (Å²) in [4.78, 5) is 28.9. The number of aryl methyl sites for hydroxylation is 1. The van der Waals surface area contributed by atoms with Crippen molar-refractivity contribution >= 4 is 40.5 Å². The van der Waals surface area contributed by atoms with Gasteiger partial charge in [-0.25, -0.2) is 4.98 Å². The van der Waals surface area contributed by atoms with E-state index < -0.39 is 5.41 Å². The third kappa shape index (κ3) is 4.92. The SMILES string of the molecule is Cc1csc(S[C@H](C)C(=O)c2ccc(NC(=O)C(C)(C)C)cc2)n1. The fourth-order valence-electron chi connectivity index (χ4n) is 1.86. The zero-order valence-corrected chi connectivity index (χ0v) is 16.2. The number of thiazole rings is 1. The number of nitrogens with one attached hydrogen (secondary N) is 1. The summed E-state index contributed by atoms with van der Waals surface area (Å²) in [5.41, 5.74) is 1.85. The summed E-state index contributed by atoms with van der Waals surface area (Å²) in [6, 6.07) is 7.04. The Morgan fingerprint density at radius 3 is 2.33 bits per heavy atom. The number of ketones is 1. The minimum Gasteiger partial charge on any atom is -0.326 e. The van der Waals surface area contributed by atoms with Gasteiger partial charge in [0.05, 0.1) is 5.25 Å². The highest BCUT2D eigenvalue weighted by atomic mass is 32.2. The van der Waals surface area contributed by atoms with Crippen molar-refractivity contribution in [2.75, 3.05) is 5.32 Å². The Bertz CT molecular complexity index is 730. The average Bonchev–Trinajstić information content (AvgIpc) is 2.91. The van der Waals surface area contributed by atoms with E-state index in [9.17, 15) is 9.59 Å². The lowest BCUT2D eigenvalue weighted by Crippen LogP contribution is -2.27. The Labute approximate surface area is 151 Å². The molecule has 2 aromatic rings. The Morgan fingerprint density at radius 1 is 1.21 bits per heavy atom. The van der Waals surface area contributed by atoms with Crippen LogP contribution in [0.1, 0.15) is 43.7 Å². The quantitative estimate of drug-likeness (QED) is 0.613. The van der Waals surface area contributed by atoms with Gasteiger partial charge in [-0.2, -0.15) is 0 Å². The highest BCUT2D eigenvalue weighted by Gasteiger charge is 2.22. The molecule has 0 saturated carbocycles. The second kappa shape index (κ2) is 7.49. The summed E-state index contributed by atoms with van der Waals surface area (Å²) >= 11 is 3.03. The molecule has 0 bridgehead atoms. The topological polar surface area (TPSA) is 59.1 Å². The third-order valence-electron chi connectivity index (χ3n) is 3.35. The van der Waals surface area contributed by atoms with Crippen LogP contribution in [0.5, 0.6) is 0 Å². The molecule has 6 heteroatoms. The molecule has 1 N–H and O–H groups in total. The van der Waals surface area contributed by atoms with Crippen molar-refractivity contribution in [2.24, 2.45) is 5.41 Å². The van der Waals surface area contributed by atoms with Crippen LogP contribution in [0.25, 0.3) is 0 Å². The second-order valence-electron chi connectivity index (χ2n) is 6.66. The van der Waals surface area contributed by atoms with E-state index in [1.54, 1.807) is 35.6 Å². The standard InChI is InChI=1S/C18H22N2O2S2/c1-11-10-23-17(19-11)24-12(2)15(21)13-6-8-14(9-7-13)20-16(22)18(3,4)5/h6-10,12H,1-5H3,(H,20,22)/t12-/m1/s1. The first-order chi connectivity index (χ1) is 11.2. The van der Waals surface area contributed by atoms with Gasteiger partial charge in [-0.1, -0.05) is 32.5 Å². The Kier molecular flexibility index (Phi) is 5.83. The minimum absolute atomic E-state index is 0.0513. The predicted molar refractivity (Wildman–Crippen MR) is 101 cm³/mol. The number of amides is 1. The van der Waals surface area contributed by atoms with Gasteiger partial charge in [0.2, 0.25) is 5.91 Å². The van der Waals surface area contributed by atoms with Crippen LogP contribution >= 0.6 is 23.1 Å². The van der Waals surface area contributed by atoms with Gasteiger partial charge in [0, 0.05) is 27.7 Å². The molecule has 1 amide bonds. The van der Waals surface area contributed by atoms with Crippen molar-refractivity contribution in [3.05, 3.63) is 40.9 Å². The number of aromatic nitrogens is 1. The molecule has 0 aliphatic heterocycles. The molecule has 0 fully saturated rings. The average molecular weight is 363 g/mol. The summed E-state index contributed by atoms with van der Waals surface area (Å²) in [6.45, 7) is 9.41. The highest BCUT2D eigenvalue weighted by Crippen LogP contribution is 2.28. The number of nitrogens with zero attached hydrogens (tertiary/aromatic N) is 1. The normalized spacial score (nSPS) is 12.7. The van der Waals surface area contributed by atoms with Crippen molar-refractivity contribution < 1.29 is 9.59 Å². The zero-order valence-electron chi connectivity index (χ0n) is 14.5. The van der Waals surface area contributed by atoms with Gasteiger partial charge in [0.25, 0.3) is 0 Å². The van der Waals surface area contributed by atoms with Crippen LogP contribution < -0.4 is 5.32 Å². The molecule has 0 unspecified atom stereocenters. The van der Waals surface area contributed by atoms with E-state index >= 15 is 0 Å². The molecule has 1 atom stereocenters. The molecule has 0 aliphatic carbocycles. The lowest BCUT2D eigenvalue weighted by atomic mass is 9.95. The minimum atomic E-state index is -0.453. The van der Waals surface area contributed by atoms with Gasteiger partial charge in [0.1, 0.15) is 0 Å². The third-order valence-corrected chi connectivity index (χ3v) is 5.54. The monoisotopic (exact) mass is 362 g/mol. The van der Waals surface area contributed by atoms with Gasteiger partial charge in [-0.3, -0.25) is 9.59 Å². The number of Topliss-reactive ketones (excluding diaryl/α,β-unsaturated/α-hetero) is 1. The molecule has 0 aliphatic rings. The maximum Gasteiger partial charge on any atom is 0.229 e. The van der Waals surface area contributed by atoms with Crippen molar-refractivity contribution in [3.8, 4) is 0 Å². The van der Waals surface area contributed by atoms with E-state index in [-0.39, 0.29) is 16.9 Å². The first kappa shape index (κ1) is 18.7. The molecular weight excluding hydrogens is 340 g/mol. The lowest BCUT2D eigenvalue weighted by molar-refractivity contribution is -0.123. The van der Waals surface area contributed by atoms with Crippen LogP contribution in [0.15, 0.2) is 34.0 Å². The molecule has 1 heterocycles. The number of anilines is 1. The van der Waals surface area contributed by atoms with E-state index in [1.165, 1.54) is 11.8 Å². The van der Waals surface area contributed by atoms with Gasteiger partial charge in [0.15, 0.2) is 10.1 Å². The van der Waals surface area contributed by atoms with Crippen molar-refractivity contribution in [1.29, 1.82) is 0 Å². The lowest BCUT2D eigenvalue weighted by Gasteiger charge is -2.17. The highest BCUT2D eigenvalue weighted by molar-refractivity contribution is 8.02. The fraction of sp³-hybridized carbons (Fsp3) is 0.389. The van der Waals surface area contributed by atoms with Crippen molar-refractivity contribution in [1.82, 2.24) is 4.98 Å². The van der Waals surface area contributed by atoms with Crippen LogP contribution in [-0.2, 0) is 4.79 Å². The molecule has 0 radical (unpaired) electrons. The molecule has 128 valence electrons. The van der Waals surface area contributed by atoms with Crippen LogP contribution in [-0.4, -0.2) is 21.9 Å². The number of benzene rings is 1. The zero-order chi connectivity index (χ0) is 17.9. The van der Waals surface area contributed by atoms with Crippen LogP contribution in [0.2, 0.25) is 0 Å². The van der Waals surface area contributed by atoms with Crippen LogP contribution in [0, 0.1) is 12.3 Å². The van der Waals surface area contributed by atoms with E-state index in [0.717, 1.165) is 10.0 Å². The maximum atomic E-state index is 12.5. The van der Waals surface area contributed by atoms with Crippen molar-refractivity contribution in [2.45, 2.75) is 44.2 Å². The van der Waals surface area contributed by atoms with Crippen LogP contribution in [0.3, 0.4) is 0 Å². The van der Waals surface area contributed by atoms with Gasteiger partial charge in [-0.05, 0) is 38.1 Å². The molecule has 1 aromatic carbocycles. The number of carbonyl (C=O) groups excluding carboxylic acids is 2. The first-order valence-electron chi connectivity index (χ1n) is 7.71. The molecule has 2 rings (SSSR count). The van der Waals surface area contributed by atoms with E-state index in [0.29, 0.717) is 11.3 Å². The number of thioether (sulfide) groups is 1. The largest absolute Gasteiger partial charge is 0.326 e. The summed E-state index contributed by atoms with van der Waals surface area (Å²) in [5, 5.41) is 4.63.